The van der Waals surface area contributed by atoms with E-state index < -0.39 is 12.1 Å². The summed E-state index contributed by atoms with van der Waals surface area (Å²) in [6, 6.07) is -0.910. The van der Waals surface area contributed by atoms with E-state index in [4.69, 9.17) is 10.5 Å². The average molecular weight is 244 g/mol. The van der Waals surface area contributed by atoms with E-state index in [1.807, 2.05) is 0 Å². The molecular weight excluding hydrogens is 228 g/mol. The van der Waals surface area contributed by atoms with Crippen molar-refractivity contribution >= 4 is 23.6 Å². The fraction of sp³-hybridized carbons (Fsp3) is 0.800. The van der Waals surface area contributed by atoms with Gasteiger partial charge in [0.05, 0.1) is 18.5 Å². The van der Waals surface area contributed by atoms with Crippen LogP contribution in [0.4, 0.5) is 0 Å². The van der Waals surface area contributed by atoms with Gasteiger partial charge in [-0.25, -0.2) is 4.79 Å². The highest BCUT2D eigenvalue weighted by molar-refractivity contribution is 8.00. The Morgan fingerprint density at radius 1 is 1.56 bits per heavy atom. The van der Waals surface area contributed by atoms with E-state index in [0.717, 1.165) is 12.8 Å². The van der Waals surface area contributed by atoms with Crippen molar-refractivity contribution in [3.63, 3.8) is 0 Å². The molecular formula is C10H16N2O3S. The smallest absolute Gasteiger partial charge is 0.329 e. The number of esters is 1. The normalized spacial score (nSPS) is 34.5. The number of amides is 1. The van der Waals surface area contributed by atoms with Crippen LogP contribution in [0.1, 0.15) is 19.3 Å². The molecule has 0 aliphatic carbocycles. The van der Waals surface area contributed by atoms with Crippen LogP contribution in [-0.2, 0) is 14.3 Å². The maximum absolute atomic E-state index is 12.0. The molecule has 2 heterocycles. The first-order valence-electron chi connectivity index (χ1n) is 5.42. The van der Waals surface area contributed by atoms with E-state index >= 15 is 0 Å². The van der Waals surface area contributed by atoms with Gasteiger partial charge >= 0.3 is 5.97 Å². The van der Waals surface area contributed by atoms with Crippen LogP contribution in [0.3, 0.4) is 0 Å². The SMILES string of the molecule is COC(=O)[C@@H]1CS[C@H]2CCC[C@H](N)C(=O)N21. The lowest BCUT2D eigenvalue weighted by atomic mass is 10.1. The summed E-state index contributed by atoms with van der Waals surface area (Å²) in [5.41, 5.74) is 5.79. The van der Waals surface area contributed by atoms with Crippen molar-refractivity contribution in [3.8, 4) is 0 Å². The number of carbonyl (C=O) groups excluding carboxylic acids is 2. The number of methoxy groups -OCH3 is 1. The minimum absolute atomic E-state index is 0.102. The van der Waals surface area contributed by atoms with Gasteiger partial charge in [0.2, 0.25) is 5.91 Å². The van der Waals surface area contributed by atoms with Crippen LogP contribution >= 0.6 is 11.8 Å². The average Bonchev–Trinajstić information content (AvgIpc) is 2.65. The third kappa shape index (κ3) is 1.91. The molecule has 0 aromatic heterocycles. The molecule has 16 heavy (non-hydrogen) atoms. The molecule has 90 valence electrons. The molecule has 5 nitrogen and oxygen atoms in total. The van der Waals surface area contributed by atoms with Crippen molar-refractivity contribution in [2.45, 2.75) is 36.7 Å². The Hall–Kier alpha value is -0.750. The van der Waals surface area contributed by atoms with E-state index in [1.165, 1.54) is 7.11 Å². The molecule has 1 amide bonds. The van der Waals surface area contributed by atoms with Gasteiger partial charge in [0.1, 0.15) is 6.04 Å². The van der Waals surface area contributed by atoms with Crippen LogP contribution in [0.2, 0.25) is 0 Å². The minimum Gasteiger partial charge on any atom is -0.467 e. The van der Waals surface area contributed by atoms with Gasteiger partial charge in [-0.1, -0.05) is 0 Å². The Morgan fingerprint density at radius 2 is 2.31 bits per heavy atom. The van der Waals surface area contributed by atoms with Crippen LogP contribution in [0, 0.1) is 0 Å². The fourth-order valence-corrected chi connectivity index (χ4v) is 3.67. The largest absolute Gasteiger partial charge is 0.467 e. The maximum Gasteiger partial charge on any atom is 0.329 e. The van der Waals surface area contributed by atoms with Crippen LogP contribution in [0.5, 0.6) is 0 Å². The highest BCUT2D eigenvalue weighted by Gasteiger charge is 2.44. The van der Waals surface area contributed by atoms with Crippen molar-refractivity contribution in [1.82, 2.24) is 4.90 Å². The monoisotopic (exact) mass is 244 g/mol. The quantitative estimate of drug-likeness (QED) is 0.654. The Kier molecular flexibility index (Phi) is 3.39. The van der Waals surface area contributed by atoms with E-state index in [-0.39, 0.29) is 17.3 Å². The predicted molar refractivity (Wildman–Crippen MR) is 60.7 cm³/mol. The molecule has 2 aliphatic rings. The van der Waals surface area contributed by atoms with E-state index in [2.05, 4.69) is 0 Å². The third-order valence-corrected chi connectivity index (χ3v) is 4.46. The molecule has 2 N–H and O–H groups in total. The van der Waals surface area contributed by atoms with Gasteiger partial charge < -0.3 is 15.4 Å². The molecule has 0 bridgehead atoms. The summed E-state index contributed by atoms with van der Waals surface area (Å²) < 4.78 is 4.72. The van der Waals surface area contributed by atoms with Gasteiger partial charge in [0.25, 0.3) is 0 Å². The van der Waals surface area contributed by atoms with Crippen molar-refractivity contribution in [3.05, 3.63) is 0 Å². The Labute approximate surface area is 98.7 Å². The number of hydrogen-bond donors (Lipinski definition) is 1. The van der Waals surface area contributed by atoms with E-state index in [0.29, 0.717) is 12.2 Å². The Balaban J connectivity index is 2.20. The van der Waals surface area contributed by atoms with Crippen LogP contribution in [0.15, 0.2) is 0 Å². The first-order valence-corrected chi connectivity index (χ1v) is 6.47. The zero-order chi connectivity index (χ0) is 11.7. The number of fused-ring (bicyclic) bond motifs is 1. The van der Waals surface area contributed by atoms with Gasteiger partial charge in [-0.3, -0.25) is 4.79 Å². The minimum atomic E-state index is -0.462. The summed E-state index contributed by atoms with van der Waals surface area (Å²) in [5.74, 6) is 0.177. The van der Waals surface area contributed by atoms with Gasteiger partial charge in [0.15, 0.2) is 0 Å². The number of nitrogens with zero attached hydrogens (tertiary/aromatic N) is 1. The van der Waals surface area contributed by atoms with Crippen molar-refractivity contribution < 1.29 is 14.3 Å². The van der Waals surface area contributed by atoms with Crippen LogP contribution in [0.25, 0.3) is 0 Å². The van der Waals surface area contributed by atoms with Gasteiger partial charge in [-0.05, 0) is 19.3 Å². The zero-order valence-corrected chi connectivity index (χ0v) is 10.0. The van der Waals surface area contributed by atoms with E-state index in [1.54, 1.807) is 16.7 Å². The molecule has 2 rings (SSSR count). The maximum atomic E-state index is 12.0. The summed E-state index contributed by atoms with van der Waals surface area (Å²) in [4.78, 5) is 25.2. The number of carbonyl (C=O) groups is 2. The number of thioether (sulfide) groups is 1. The predicted octanol–water partition coefficient (Wildman–Crippen LogP) is -0.0593. The lowest BCUT2D eigenvalue weighted by Crippen LogP contribution is -2.50. The van der Waals surface area contributed by atoms with E-state index in [9.17, 15) is 9.59 Å². The van der Waals surface area contributed by atoms with Crippen LogP contribution < -0.4 is 5.73 Å². The Morgan fingerprint density at radius 3 is 3.00 bits per heavy atom. The number of ether oxygens (including phenoxy) is 1. The van der Waals surface area contributed by atoms with Gasteiger partial charge in [0, 0.05) is 5.75 Å². The second-order valence-electron chi connectivity index (χ2n) is 4.11. The van der Waals surface area contributed by atoms with Gasteiger partial charge in [-0.2, -0.15) is 0 Å². The number of rotatable bonds is 1. The molecule has 0 aromatic rings. The van der Waals surface area contributed by atoms with Gasteiger partial charge in [-0.15, -0.1) is 11.8 Å². The molecule has 6 heteroatoms. The Bertz CT molecular complexity index is 310. The first kappa shape index (κ1) is 11.7. The second kappa shape index (κ2) is 4.63. The molecule has 2 fully saturated rings. The molecule has 0 unspecified atom stereocenters. The zero-order valence-electron chi connectivity index (χ0n) is 9.22. The summed E-state index contributed by atoms with van der Waals surface area (Å²) in [6.45, 7) is 0. The molecule has 3 atom stereocenters. The molecule has 0 radical (unpaired) electrons. The van der Waals surface area contributed by atoms with Crippen molar-refractivity contribution in [2.75, 3.05) is 12.9 Å². The molecule has 2 saturated heterocycles. The first-order chi connectivity index (χ1) is 7.65. The highest BCUT2D eigenvalue weighted by Crippen LogP contribution is 2.35. The standard InChI is InChI=1S/C10H16N2O3S/c1-15-10(14)7-5-16-8-4-2-3-6(11)9(13)12(7)8/h6-8H,2-5,11H2,1H3/t6-,7-,8-/m0/s1. The van der Waals surface area contributed by atoms with Crippen LogP contribution in [-0.4, -0.2) is 47.1 Å². The molecule has 0 spiro atoms. The summed E-state index contributed by atoms with van der Waals surface area (Å²) >= 11 is 1.65. The number of nitrogens with two attached hydrogens (primary N) is 1. The summed E-state index contributed by atoms with van der Waals surface area (Å²) in [7, 11) is 1.35. The lowest BCUT2D eigenvalue weighted by molar-refractivity contribution is -0.151. The highest BCUT2D eigenvalue weighted by atomic mass is 32.2. The fourth-order valence-electron chi connectivity index (χ4n) is 2.23. The van der Waals surface area contributed by atoms with Crippen molar-refractivity contribution in [2.24, 2.45) is 5.73 Å². The second-order valence-corrected chi connectivity index (χ2v) is 5.32. The molecule has 0 aromatic carbocycles. The van der Waals surface area contributed by atoms with Crippen molar-refractivity contribution in [1.29, 1.82) is 0 Å². The third-order valence-electron chi connectivity index (χ3n) is 3.10. The molecule has 0 saturated carbocycles. The summed E-state index contributed by atoms with van der Waals surface area (Å²) in [6.07, 6.45) is 2.56. The molecule has 2 aliphatic heterocycles. The number of hydrogen-bond acceptors (Lipinski definition) is 5. The topological polar surface area (TPSA) is 72.6 Å². The summed E-state index contributed by atoms with van der Waals surface area (Å²) in [5, 5.41) is 0.102. The lowest BCUT2D eigenvalue weighted by Gasteiger charge is -2.27.